The Morgan fingerprint density at radius 2 is 1.94 bits per heavy atom. The number of aromatic nitrogens is 3. The lowest BCUT2D eigenvalue weighted by Crippen LogP contribution is -2.24. The van der Waals surface area contributed by atoms with Crippen LogP contribution in [0.5, 0.6) is 0 Å². The van der Waals surface area contributed by atoms with Gasteiger partial charge in [0.15, 0.2) is 0 Å². The summed E-state index contributed by atoms with van der Waals surface area (Å²) in [5.74, 6) is -0.113. The van der Waals surface area contributed by atoms with E-state index in [1.807, 2.05) is 48.9 Å². The Hall–Kier alpha value is -2.91. The molecule has 1 aliphatic carbocycles. The zero-order chi connectivity index (χ0) is 22.7. The second kappa shape index (κ2) is 9.30. The molecule has 1 aromatic carbocycles. The maximum atomic E-state index is 9.93. The largest absolute Gasteiger partial charge is 0.363 e. The van der Waals surface area contributed by atoms with Gasteiger partial charge in [-0.2, -0.15) is 5.26 Å². The SMILES string of the molecule is Cn1cncc1C(OCc1cc(Cl)nc(Cl)c1)C1=CC(c2ccccc2)C(C)(C#N)C=C1. The van der Waals surface area contributed by atoms with Crippen LogP contribution in [0.15, 0.2) is 78.8 Å². The van der Waals surface area contributed by atoms with Crippen LogP contribution in [0, 0.1) is 16.7 Å². The molecule has 1 aliphatic rings. The molecule has 3 aromatic rings. The Balaban J connectivity index is 1.71. The van der Waals surface area contributed by atoms with Crippen molar-refractivity contribution in [3.05, 3.63) is 106 Å². The maximum absolute atomic E-state index is 9.93. The maximum Gasteiger partial charge on any atom is 0.131 e. The standard InChI is InChI=1S/C25H22Cl2N4O/c1-25(15-28)9-8-19(12-20(25)18-6-4-3-5-7-18)24(21-13-29-16-31(21)2)32-14-17-10-22(26)30-23(27)11-17/h3-13,16,20,24H,14H2,1-2H3. The molecule has 3 atom stereocenters. The van der Waals surface area contributed by atoms with Gasteiger partial charge in [0.05, 0.1) is 36.3 Å². The molecule has 0 N–H and O–H groups in total. The van der Waals surface area contributed by atoms with Crippen molar-refractivity contribution in [1.29, 1.82) is 5.26 Å². The molecule has 0 amide bonds. The Labute approximate surface area is 197 Å². The summed E-state index contributed by atoms with van der Waals surface area (Å²) >= 11 is 12.1. The molecule has 0 radical (unpaired) electrons. The molecule has 0 fully saturated rings. The van der Waals surface area contributed by atoms with E-state index in [0.717, 1.165) is 22.4 Å². The molecule has 0 aliphatic heterocycles. The van der Waals surface area contributed by atoms with Crippen molar-refractivity contribution in [2.75, 3.05) is 0 Å². The number of rotatable bonds is 6. The van der Waals surface area contributed by atoms with E-state index in [4.69, 9.17) is 27.9 Å². The first-order valence-electron chi connectivity index (χ1n) is 10.2. The quantitative estimate of drug-likeness (QED) is 0.407. The normalized spacial score (nSPS) is 21.1. The zero-order valence-corrected chi connectivity index (χ0v) is 19.3. The number of nitrogens with zero attached hydrogens (tertiary/aromatic N) is 4. The number of ether oxygens (including phenoxy) is 1. The van der Waals surface area contributed by atoms with E-state index in [-0.39, 0.29) is 18.6 Å². The molecule has 32 heavy (non-hydrogen) atoms. The zero-order valence-electron chi connectivity index (χ0n) is 17.7. The van der Waals surface area contributed by atoms with Gasteiger partial charge in [0.2, 0.25) is 0 Å². The first-order chi connectivity index (χ1) is 15.4. The van der Waals surface area contributed by atoms with Crippen molar-refractivity contribution in [2.45, 2.75) is 25.6 Å². The van der Waals surface area contributed by atoms with Crippen molar-refractivity contribution in [3.63, 3.8) is 0 Å². The number of benzene rings is 1. The molecule has 4 rings (SSSR count). The third-order valence-electron chi connectivity index (χ3n) is 5.69. The Morgan fingerprint density at radius 1 is 1.22 bits per heavy atom. The van der Waals surface area contributed by atoms with Gasteiger partial charge >= 0.3 is 0 Å². The lowest BCUT2D eigenvalue weighted by molar-refractivity contribution is 0.0609. The summed E-state index contributed by atoms with van der Waals surface area (Å²) in [6.07, 6.45) is 9.22. The van der Waals surface area contributed by atoms with E-state index in [9.17, 15) is 5.26 Å². The number of hydrogen-bond acceptors (Lipinski definition) is 4. The topological polar surface area (TPSA) is 63.7 Å². The minimum atomic E-state index is -0.659. The van der Waals surface area contributed by atoms with Gasteiger partial charge in [0, 0.05) is 13.0 Å². The van der Waals surface area contributed by atoms with Gasteiger partial charge in [0.1, 0.15) is 16.4 Å². The van der Waals surface area contributed by atoms with E-state index in [0.29, 0.717) is 10.3 Å². The molecule has 2 aromatic heterocycles. The molecule has 0 bridgehead atoms. The van der Waals surface area contributed by atoms with Crippen LogP contribution in [-0.2, 0) is 18.4 Å². The fraction of sp³-hybridized carbons (Fsp3) is 0.240. The molecule has 5 nitrogen and oxygen atoms in total. The highest BCUT2D eigenvalue weighted by Crippen LogP contribution is 2.44. The van der Waals surface area contributed by atoms with Crippen molar-refractivity contribution in [1.82, 2.24) is 14.5 Å². The van der Waals surface area contributed by atoms with Gasteiger partial charge in [-0.3, -0.25) is 0 Å². The number of allylic oxidation sites excluding steroid dienone is 2. The molecule has 3 unspecified atom stereocenters. The van der Waals surface area contributed by atoms with E-state index in [1.165, 1.54) is 0 Å². The third kappa shape index (κ3) is 4.63. The van der Waals surface area contributed by atoms with Crippen LogP contribution < -0.4 is 0 Å². The summed E-state index contributed by atoms with van der Waals surface area (Å²) in [6, 6.07) is 16.0. The Bertz CT molecular complexity index is 1190. The van der Waals surface area contributed by atoms with Gasteiger partial charge in [-0.1, -0.05) is 71.8 Å². The molecule has 162 valence electrons. The van der Waals surface area contributed by atoms with Crippen LogP contribution in [0.3, 0.4) is 0 Å². The predicted molar refractivity (Wildman–Crippen MR) is 125 cm³/mol. The number of imidazole rings is 1. The van der Waals surface area contributed by atoms with E-state index in [1.54, 1.807) is 24.7 Å². The third-order valence-corrected chi connectivity index (χ3v) is 6.08. The van der Waals surface area contributed by atoms with Crippen LogP contribution in [0.1, 0.15) is 35.8 Å². The second-order valence-corrected chi connectivity index (χ2v) is 8.80. The van der Waals surface area contributed by atoms with Gasteiger partial charge in [0.25, 0.3) is 0 Å². The summed E-state index contributed by atoms with van der Waals surface area (Å²) in [4.78, 5) is 8.26. The molecule has 2 heterocycles. The Kier molecular flexibility index (Phi) is 6.48. The fourth-order valence-corrected chi connectivity index (χ4v) is 4.43. The minimum absolute atomic E-state index is 0.113. The highest BCUT2D eigenvalue weighted by molar-refractivity contribution is 6.32. The van der Waals surface area contributed by atoms with Crippen molar-refractivity contribution >= 4 is 23.2 Å². The van der Waals surface area contributed by atoms with Gasteiger partial charge in [-0.15, -0.1) is 0 Å². The lowest BCUT2D eigenvalue weighted by atomic mass is 9.70. The van der Waals surface area contributed by atoms with E-state index in [2.05, 4.69) is 34.2 Å². The molecule has 0 spiro atoms. The van der Waals surface area contributed by atoms with Crippen LogP contribution >= 0.6 is 23.2 Å². The number of halogens is 2. The average molecular weight is 465 g/mol. The summed E-state index contributed by atoms with van der Waals surface area (Å²) in [5, 5.41) is 10.6. The summed E-state index contributed by atoms with van der Waals surface area (Å²) in [6.45, 7) is 2.24. The van der Waals surface area contributed by atoms with Crippen molar-refractivity contribution in [3.8, 4) is 6.07 Å². The fourth-order valence-electron chi connectivity index (χ4n) is 3.93. The number of nitriles is 1. The van der Waals surface area contributed by atoms with Crippen LogP contribution in [0.4, 0.5) is 0 Å². The molecular formula is C25H22Cl2N4O. The van der Waals surface area contributed by atoms with Crippen LogP contribution in [0.25, 0.3) is 0 Å². The minimum Gasteiger partial charge on any atom is -0.363 e. The second-order valence-electron chi connectivity index (χ2n) is 8.02. The first kappa shape index (κ1) is 22.3. The summed E-state index contributed by atoms with van der Waals surface area (Å²) < 4.78 is 8.31. The van der Waals surface area contributed by atoms with Crippen LogP contribution in [0.2, 0.25) is 10.3 Å². The monoisotopic (exact) mass is 464 g/mol. The van der Waals surface area contributed by atoms with Gasteiger partial charge < -0.3 is 9.30 Å². The predicted octanol–water partition coefficient (Wildman–Crippen LogP) is 6.19. The van der Waals surface area contributed by atoms with E-state index >= 15 is 0 Å². The van der Waals surface area contributed by atoms with Crippen molar-refractivity contribution in [2.24, 2.45) is 12.5 Å². The highest BCUT2D eigenvalue weighted by Gasteiger charge is 2.36. The average Bonchev–Trinajstić information content (AvgIpc) is 3.20. The summed E-state index contributed by atoms with van der Waals surface area (Å²) in [7, 11) is 1.93. The molecule has 0 saturated carbocycles. The number of aryl methyl sites for hydroxylation is 1. The smallest absolute Gasteiger partial charge is 0.131 e. The first-order valence-corrected chi connectivity index (χ1v) is 10.9. The highest BCUT2D eigenvalue weighted by atomic mass is 35.5. The molecular weight excluding hydrogens is 443 g/mol. The van der Waals surface area contributed by atoms with Crippen LogP contribution in [-0.4, -0.2) is 14.5 Å². The van der Waals surface area contributed by atoms with Gasteiger partial charge in [-0.05, 0) is 35.8 Å². The summed E-state index contributed by atoms with van der Waals surface area (Å²) in [5.41, 5.74) is 3.11. The molecule has 7 heteroatoms. The number of hydrogen-bond donors (Lipinski definition) is 0. The van der Waals surface area contributed by atoms with E-state index < -0.39 is 5.41 Å². The van der Waals surface area contributed by atoms with Crippen molar-refractivity contribution < 1.29 is 4.74 Å². The van der Waals surface area contributed by atoms with Gasteiger partial charge in [-0.25, -0.2) is 9.97 Å². The number of pyridine rings is 1. The molecule has 0 saturated heterocycles. The lowest BCUT2D eigenvalue weighted by Gasteiger charge is -2.33. The Morgan fingerprint density at radius 3 is 2.56 bits per heavy atom.